The van der Waals surface area contributed by atoms with Gasteiger partial charge in [-0.3, -0.25) is 4.79 Å². The van der Waals surface area contributed by atoms with E-state index in [1.54, 1.807) is 13.1 Å². The molecule has 1 fully saturated rings. The van der Waals surface area contributed by atoms with Crippen LogP contribution in [0.15, 0.2) is 6.20 Å². The predicted molar refractivity (Wildman–Crippen MR) is 66.4 cm³/mol. The van der Waals surface area contributed by atoms with Gasteiger partial charge in [-0.15, -0.1) is 0 Å². The fourth-order valence-electron chi connectivity index (χ4n) is 1.83. The first-order valence-electron chi connectivity index (χ1n) is 5.64. The van der Waals surface area contributed by atoms with Gasteiger partial charge in [-0.1, -0.05) is 18.3 Å². The number of likely N-dealkylation sites (N-methyl/N-ethyl adjacent to an activating group) is 1. The predicted octanol–water partition coefficient (Wildman–Crippen LogP) is 1.49. The van der Waals surface area contributed by atoms with Crippen molar-refractivity contribution >= 4 is 22.3 Å². The molecule has 0 radical (unpaired) electrons. The molecule has 1 saturated heterocycles. The van der Waals surface area contributed by atoms with Crippen LogP contribution in [0.2, 0.25) is 0 Å². The number of Topliss-reactive ketones (excluding diaryl/α,β-unsaturated/α-hetero) is 1. The van der Waals surface area contributed by atoms with Crippen molar-refractivity contribution in [2.24, 2.45) is 0 Å². The third-order valence-corrected chi connectivity index (χ3v) is 4.09. The van der Waals surface area contributed by atoms with E-state index in [1.807, 2.05) is 0 Å². The molecule has 0 spiro atoms. The highest BCUT2D eigenvalue weighted by molar-refractivity contribution is 7.17. The molecule has 0 aliphatic carbocycles. The van der Waals surface area contributed by atoms with Crippen molar-refractivity contribution in [3.63, 3.8) is 0 Å². The highest BCUT2D eigenvalue weighted by atomic mass is 32.1. The van der Waals surface area contributed by atoms with E-state index in [2.05, 4.69) is 21.7 Å². The molecule has 1 aromatic rings. The van der Waals surface area contributed by atoms with Gasteiger partial charge in [0.25, 0.3) is 0 Å². The van der Waals surface area contributed by atoms with Crippen LogP contribution in [-0.2, 0) is 0 Å². The van der Waals surface area contributed by atoms with E-state index >= 15 is 0 Å². The fraction of sp³-hybridized carbons (Fsp3) is 0.636. The normalized spacial score (nSPS) is 17.8. The molecule has 0 aromatic carbocycles. The Bertz CT molecular complexity index is 369. The van der Waals surface area contributed by atoms with Crippen LogP contribution >= 0.6 is 11.3 Å². The van der Waals surface area contributed by atoms with Gasteiger partial charge in [0.2, 0.25) is 0 Å². The van der Waals surface area contributed by atoms with E-state index in [4.69, 9.17) is 0 Å². The quantitative estimate of drug-likeness (QED) is 0.749. The summed E-state index contributed by atoms with van der Waals surface area (Å²) in [6, 6.07) is 0. The van der Waals surface area contributed by atoms with Crippen molar-refractivity contribution in [1.29, 1.82) is 0 Å². The number of rotatable bonds is 3. The number of anilines is 1. The minimum absolute atomic E-state index is 0.107. The average molecular weight is 239 g/mol. The highest BCUT2D eigenvalue weighted by Gasteiger charge is 2.18. The molecule has 0 N–H and O–H groups in total. The molecular formula is C11H17N3OS. The van der Waals surface area contributed by atoms with Crippen molar-refractivity contribution < 1.29 is 4.79 Å². The van der Waals surface area contributed by atoms with Gasteiger partial charge in [0.15, 0.2) is 10.9 Å². The summed E-state index contributed by atoms with van der Waals surface area (Å²) in [5, 5.41) is 0.987. The van der Waals surface area contributed by atoms with Gasteiger partial charge in [-0.05, 0) is 6.54 Å². The van der Waals surface area contributed by atoms with Crippen LogP contribution in [0.5, 0.6) is 0 Å². The van der Waals surface area contributed by atoms with Gasteiger partial charge in [0.05, 0.1) is 11.1 Å². The number of carbonyl (C=O) groups excluding carboxylic acids is 1. The number of ketones is 1. The summed E-state index contributed by atoms with van der Waals surface area (Å²) in [6.07, 6.45) is 1.69. The van der Waals surface area contributed by atoms with E-state index in [0.29, 0.717) is 0 Å². The number of piperazine rings is 1. The lowest BCUT2D eigenvalue weighted by atomic mass is 10.3. The van der Waals surface area contributed by atoms with Crippen LogP contribution in [0.1, 0.15) is 23.5 Å². The zero-order valence-electron chi connectivity index (χ0n) is 9.77. The lowest BCUT2D eigenvalue weighted by Gasteiger charge is -2.33. The fourth-order valence-corrected chi connectivity index (χ4v) is 2.69. The zero-order chi connectivity index (χ0) is 11.5. The van der Waals surface area contributed by atoms with Gasteiger partial charge >= 0.3 is 0 Å². The molecule has 0 saturated carbocycles. The summed E-state index contributed by atoms with van der Waals surface area (Å²) in [7, 11) is 0. The number of thiazole rings is 1. The maximum atomic E-state index is 11.2. The molecule has 1 aromatic heterocycles. The van der Waals surface area contributed by atoms with Gasteiger partial charge in [0.1, 0.15) is 0 Å². The molecule has 0 amide bonds. The van der Waals surface area contributed by atoms with Crippen LogP contribution in [0.4, 0.5) is 5.13 Å². The van der Waals surface area contributed by atoms with E-state index in [-0.39, 0.29) is 5.78 Å². The number of carbonyl (C=O) groups is 1. The Kier molecular flexibility index (Phi) is 3.56. The molecule has 0 unspecified atom stereocenters. The van der Waals surface area contributed by atoms with E-state index in [0.717, 1.165) is 42.7 Å². The smallest absolute Gasteiger partial charge is 0.186 e. The number of hydrogen-bond donors (Lipinski definition) is 0. The highest BCUT2D eigenvalue weighted by Crippen LogP contribution is 2.23. The number of nitrogens with zero attached hydrogens (tertiary/aromatic N) is 3. The first-order chi connectivity index (χ1) is 7.70. The summed E-state index contributed by atoms with van der Waals surface area (Å²) in [6.45, 7) is 9.10. The van der Waals surface area contributed by atoms with E-state index in [1.165, 1.54) is 11.3 Å². The first-order valence-corrected chi connectivity index (χ1v) is 6.46. The maximum absolute atomic E-state index is 11.2. The van der Waals surface area contributed by atoms with Gasteiger partial charge < -0.3 is 9.80 Å². The third kappa shape index (κ3) is 2.41. The Morgan fingerprint density at radius 3 is 2.62 bits per heavy atom. The second kappa shape index (κ2) is 4.93. The van der Waals surface area contributed by atoms with Crippen molar-refractivity contribution in [3.05, 3.63) is 11.1 Å². The summed E-state index contributed by atoms with van der Waals surface area (Å²) < 4.78 is 0. The maximum Gasteiger partial charge on any atom is 0.186 e. The molecule has 5 heteroatoms. The Labute approximate surface area is 99.9 Å². The minimum Gasteiger partial charge on any atom is -0.346 e. The van der Waals surface area contributed by atoms with Crippen LogP contribution in [-0.4, -0.2) is 48.4 Å². The standard InChI is InChI=1S/C11H17N3OS/c1-3-13-4-6-14(7-5-13)11-12-8-10(16-11)9(2)15/h8H,3-7H2,1-2H3. The van der Waals surface area contributed by atoms with Crippen molar-refractivity contribution in [2.45, 2.75) is 13.8 Å². The summed E-state index contributed by atoms with van der Waals surface area (Å²) in [5.74, 6) is 0.107. The Morgan fingerprint density at radius 1 is 1.44 bits per heavy atom. The molecule has 4 nitrogen and oxygen atoms in total. The zero-order valence-corrected chi connectivity index (χ0v) is 10.6. The minimum atomic E-state index is 0.107. The third-order valence-electron chi connectivity index (χ3n) is 2.93. The molecule has 2 rings (SSSR count). The second-order valence-electron chi connectivity index (χ2n) is 3.98. The van der Waals surface area contributed by atoms with Gasteiger partial charge in [0, 0.05) is 33.1 Å². The van der Waals surface area contributed by atoms with Crippen molar-refractivity contribution in [1.82, 2.24) is 9.88 Å². The lowest BCUT2D eigenvalue weighted by molar-refractivity contribution is 0.102. The Morgan fingerprint density at radius 2 is 2.12 bits per heavy atom. The van der Waals surface area contributed by atoms with Crippen molar-refractivity contribution in [3.8, 4) is 0 Å². The number of hydrogen-bond acceptors (Lipinski definition) is 5. The monoisotopic (exact) mass is 239 g/mol. The molecule has 88 valence electrons. The largest absolute Gasteiger partial charge is 0.346 e. The van der Waals surface area contributed by atoms with Gasteiger partial charge in [-0.25, -0.2) is 4.98 Å². The summed E-state index contributed by atoms with van der Waals surface area (Å²) in [5.41, 5.74) is 0. The first kappa shape index (κ1) is 11.5. The van der Waals surface area contributed by atoms with E-state index in [9.17, 15) is 4.79 Å². The lowest BCUT2D eigenvalue weighted by Crippen LogP contribution is -2.46. The molecule has 2 heterocycles. The van der Waals surface area contributed by atoms with Crippen LogP contribution < -0.4 is 4.90 Å². The molecule has 1 aliphatic heterocycles. The summed E-state index contributed by atoms with van der Waals surface area (Å²) in [4.78, 5) is 21.0. The topological polar surface area (TPSA) is 36.4 Å². The molecule has 1 aliphatic rings. The summed E-state index contributed by atoms with van der Waals surface area (Å²) >= 11 is 1.50. The Balaban J connectivity index is 2.00. The number of aromatic nitrogens is 1. The van der Waals surface area contributed by atoms with Crippen LogP contribution in [0.25, 0.3) is 0 Å². The average Bonchev–Trinajstić information content (AvgIpc) is 2.78. The second-order valence-corrected chi connectivity index (χ2v) is 4.99. The van der Waals surface area contributed by atoms with Gasteiger partial charge in [-0.2, -0.15) is 0 Å². The van der Waals surface area contributed by atoms with Crippen LogP contribution in [0.3, 0.4) is 0 Å². The molecule has 16 heavy (non-hydrogen) atoms. The van der Waals surface area contributed by atoms with Crippen LogP contribution in [0, 0.1) is 0 Å². The Hall–Kier alpha value is -0.940. The SMILES string of the molecule is CCN1CCN(c2ncc(C(C)=O)s2)CC1. The molecular weight excluding hydrogens is 222 g/mol. The van der Waals surface area contributed by atoms with E-state index < -0.39 is 0 Å². The molecule has 0 bridgehead atoms. The molecule has 0 atom stereocenters. The van der Waals surface area contributed by atoms with Crippen molar-refractivity contribution in [2.75, 3.05) is 37.6 Å².